The van der Waals surface area contributed by atoms with Crippen LogP contribution in [0.3, 0.4) is 0 Å². The van der Waals surface area contributed by atoms with Crippen LogP contribution in [0, 0.1) is 25.2 Å². The van der Waals surface area contributed by atoms with Gasteiger partial charge < -0.3 is 9.42 Å². The zero-order chi connectivity index (χ0) is 17.0. The molecule has 0 aliphatic rings. The Labute approximate surface area is 136 Å². The van der Waals surface area contributed by atoms with E-state index >= 15 is 0 Å². The normalized spacial score (nSPS) is 11.8. The monoisotopic (exact) mass is 311 g/mol. The molecule has 1 aromatic heterocycles. The van der Waals surface area contributed by atoms with Crippen molar-refractivity contribution in [2.75, 3.05) is 6.54 Å². The number of nitrogens with zero attached hydrogens (tertiary/aromatic N) is 3. The third-order valence-corrected chi connectivity index (χ3v) is 4.16. The molecule has 1 atom stereocenters. The molecule has 5 heteroatoms. The van der Waals surface area contributed by atoms with Gasteiger partial charge in [-0.25, -0.2) is 0 Å². The van der Waals surface area contributed by atoms with E-state index in [4.69, 9.17) is 9.78 Å². The predicted octanol–water partition coefficient (Wildman–Crippen LogP) is 3.32. The first-order valence-corrected chi connectivity index (χ1v) is 7.69. The Hall–Kier alpha value is -2.61. The lowest BCUT2D eigenvalue weighted by Crippen LogP contribution is -2.34. The number of carbonyl (C=O) groups excluding carboxylic acids is 1. The van der Waals surface area contributed by atoms with E-state index in [2.05, 4.69) is 11.2 Å². The summed E-state index contributed by atoms with van der Waals surface area (Å²) in [6.45, 7) is 8.24. The van der Waals surface area contributed by atoms with Crippen molar-refractivity contribution >= 4 is 5.91 Å². The Morgan fingerprint density at radius 1 is 1.35 bits per heavy atom. The van der Waals surface area contributed by atoms with E-state index in [9.17, 15) is 4.79 Å². The van der Waals surface area contributed by atoms with Crippen LogP contribution in [-0.4, -0.2) is 22.5 Å². The van der Waals surface area contributed by atoms with Crippen LogP contribution >= 0.6 is 0 Å². The molecule has 0 saturated carbocycles. The van der Waals surface area contributed by atoms with Crippen LogP contribution in [0.25, 0.3) is 0 Å². The summed E-state index contributed by atoms with van der Waals surface area (Å²) in [5.41, 5.74) is 3.25. The van der Waals surface area contributed by atoms with Gasteiger partial charge in [0.25, 0.3) is 0 Å². The zero-order valence-corrected chi connectivity index (χ0v) is 14.0. The highest BCUT2D eigenvalue weighted by Crippen LogP contribution is 2.22. The average Bonchev–Trinajstić information content (AvgIpc) is 2.87. The number of aromatic nitrogens is 1. The van der Waals surface area contributed by atoms with E-state index in [0.29, 0.717) is 17.9 Å². The molecule has 0 spiro atoms. The second-order valence-electron chi connectivity index (χ2n) is 5.57. The molecule has 1 unspecified atom stereocenters. The lowest BCUT2D eigenvalue weighted by molar-refractivity contribution is -0.132. The first kappa shape index (κ1) is 16.8. The zero-order valence-electron chi connectivity index (χ0n) is 14.0. The average molecular weight is 311 g/mol. The predicted molar refractivity (Wildman–Crippen MR) is 86.6 cm³/mol. The summed E-state index contributed by atoms with van der Waals surface area (Å²) in [7, 11) is 0. The maximum atomic E-state index is 12.7. The number of amides is 1. The molecule has 0 radical (unpaired) electrons. The summed E-state index contributed by atoms with van der Waals surface area (Å²) in [4.78, 5) is 14.5. The number of hydrogen-bond donors (Lipinski definition) is 0. The molecule has 23 heavy (non-hydrogen) atoms. The van der Waals surface area contributed by atoms with Crippen molar-refractivity contribution < 1.29 is 9.32 Å². The molecule has 0 aliphatic heterocycles. The number of likely N-dealkylation sites (N-methyl/N-ethyl adjacent to an activating group) is 1. The Bertz CT molecular complexity index is 706. The molecular formula is C18H21N3O2. The maximum Gasteiger partial charge on any atom is 0.227 e. The number of nitriles is 1. The van der Waals surface area contributed by atoms with Crippen LogP contribution < -0.4 is 0 Å². The van der Waals surface area contributed by atoms with E-state index < -0.39 is 0 Å². The molecule has 5 nitrogen and oxygen atoms in total. The van der Waals surface area contributed by atoms with Crippen molar-refractivity contribution in [1.29, 1.82) is 5.26 Å². The van der Waals surface area contributed by atoms with Crippen molar-refractivity contribution in [2.45, 2.75) is 40.2 Å². The number of benzene rings is 1. The Morgan fingerprint density at radius 2 is 2.00 bits per heavy atom. The summed E-state index contributed by atoms with van der Waals surface area (Å²) in [6, 6.07) is 9.40. The second-order valence-corrected chi connectivity index (χ2v) is 5.57. The van der Waals surface area contributed by atoms with Crippen molar-refractivity contribution in [3.63, 3.8) is 0 Å². The lowest BCUT2D eigenvalue weighted by Gasteiger charge is -2.28. The summed E-state index contributed by atoms with van der Waals surface area (Å²) in [5, 5.41) is 12.8. The third-order valence-electron chi connectivity index (χ3n) is 4.16. The van der Waals surface area contributed by atoms with Gasteiger partial charge in [0.2, 0.25) is 5.91 Å². The van der Waals surface area contributed by atoms with E-state index in [-0.39, 0.29) is 18.4 Å². The van der Waals surface area contributed by atoms with Gasteiger partial charge in [0, 0.05) is 12.1 Å². The SMILES string of the molecule is CCN(C(=O)Cc1c(C)noc1C)C(C)c1ccc(C#N)cc1. The van der Waals surface area contributed by atoms with Crippen LogP contribution in [-0.2, 0) is 11.2 Å². The number of aryl methyl sites for hydroxylation is 2. The van der Waals surface area contributed by atoms with Gasteiger partial charge in [-0.3, -0.25) is 4.79 Å². The van der Waals surface area contributed by atoms with Crippen molar-refractivity contribution in [1.82, 2.24) is 10.1 Å². The van der Waals surface area contributed by atoms with Gasteiger partial charge in [0.05, 0.1) is 29.8 Å². The third kappa shape index (κ3) is 3.59. The number of hydrogen-bond acceptors (Lipinski definition) is 4. The molecule has 0 aliphatic carbocycles. The highest BCUT2D eigenvalue weighted by molar-refractivity contribution is 5.79. The van der Waals surface area contributed by atoms with Crippen LogP contribution in [0.1, 0.15) is 48.0 Å². The first-order valence-electron chi connectivity index (χ1n) is 7.69. The summed E-state index contributed by atoms with van der Waals surface area (Å²) in [6.07, 6.45) is 0.287. The van der Waals surface area contributed by atoms with Gasteiger partial charge in [-0.05, 0) is 45.4 Å². The molecule has 2 aromatic rings. The number of carbonyl (C=O) groups is 1. The quantitative estimate of drug-likeness (QED) is 0.849. The fourth-order valence-electron chi connectivity index (χ4n) is 2.69. The lowest BCUT2D eigenvalue weighted by atomic mass is 10.0. The van der Waals surface area contributed by atoms with E-state index in [0.717, 1.165) is 16.8 Å². The molecule has 1 aromatic carbocycles. The van der Waals surface area contributed by atoms with Crippen molar-refractivity contribution in [3.8, 4) is 6.07 Å². The van der Waals surface area contributed by atoms with Crippen molar-refractivity contribution in [3.05, 3.63) is 52.4 Å². The highest BCUT2D eigenvalue weighted by atomic mass is 16.5. The largest absolute Gasteiger partial charge is 0.361 e. The van der Waals surface area contributed by atoms with Gasteiger partial charge in [0.1, 0.15) is 5.76 Å². The minimum Gasteiger partial charge on any atom is -0.361 e. The molecule has 2 rings (SSSR count). The van der Waals surface area contributed by atoms with E-state index in [1.54, 1.807) is 12.1 Å². The molecule has 1 amide bonds. The minimum absolute atomic E-state index is 0.0405. The van der Waals surface area contributed by atoms with Crippen molar-refractivity contribution in [2.24, 2.45) is 0 Å². The first-order chi connectivity index (χ1) is 11.0. The van der Waals surface area contributed by atoms with Gasteiger partial charge in [-0.2, -0.15) is 5.26 Å². The molecule has 0 bridgehead atoms. The van der Waals surface area contributed by atoms with Gasteiger partial charge >= 0.3 is 0 Å². The highest BCUT2D eigenvalue weighted by Gasteiger charge is 2.22. The van der Waals surface area contributed by atoms with Crippen LogP contribution in [0.2, 0.25) is 0 Å². The summed E-state index contributed by atoms with van der Waals surface area (Å²) in [5.74, 6) is 0.733. The molecule has 0 N–H and O–H groups in total. The topological polar surface area (TPSA) is 70.1 Å². The Balaban J connectivity index is 2.17. The Kier molecular flexibility index (Phi) is 5.17. The minimum atomic E-state index is -0.0549. The van der Waals surface area contributed by atoms with Crippen LogP contribution in [0.4, 0.5) is 0 Å². The van der Waals surface area contributed by atoms with Gasteiger partial charge in [-0.15, -0.1) is 0 Å². The standard InChI is InChI=1S/C18H21N3O2/c1-5-21(13(3)16-8-6-15(11-19)7-9-16)18(22)10-17-12(2)20-23-14(17)4/h6-9,13H,5,10H2,1-4H3. The van der Waals surface area contributed by atoms with E-state index in [1.807, 2.05) is 44.7 Å². The molecule has 0 fully saturated rings. The number of rotatable bonds is 5. The fourth-order valence-corrected chi connectivity index (χ4v) is 2.69. The summed E-state index contributed by atoms with van der Waals surface area (Å²) >= 11 is 0. The van der Waals surface area contributed by atoms with Crippen LogP contribution in [0.5, 0.6) is 0 Å². The molecule has 0 saturated heterocycles. The van der Waals surface area contributed by atoms with E-state index in [1.165, 1.54) is 0 Å². The smallest absolute Gasteiger partial charge is 0.227 e. The Morgan fingerprint density at radius 3 is 2.48 bits per heavy atom. The fraction of sp³-hybridized carbons (Fsp3) is 0.389. The molecule has 1 heterocycles. The molecule has 120 valence electrons. The molecular weight excluding hydrogens is 290 g/mol. The maximum absolute atomic E-state index is 12.7. The van der Waals surface area contributed by atoms with Crippen LogP contribution in [0.15, 0.2) is 28.8 Å². The summed E-state index contributed by atoms with van der Waals surface area (Å²) < 4.78 is 5.13. The van der Waals surface area contributed by atoms with Gasteiger partial charge in [0.15, 0.2) is 0 Å². The second kappa shape index (κ2) is 7.10. The van der Waals surface area contributed by atoms with Gasteiger partial charge in [-0.1, -0.05) is 17.3 Å².